The smallest absolute Gasteiger partial charge is 0.270 e. The molecule has 4 rings (SSSR count). The van der Waals surface area contributed by atoms with Crippen molar-refractivity contribution in [3.05, 3.63) is 72.1 Å². The number of carbonyl (C=O) groups is 2. The van der Waals surface area contributed by atoms with Gasteiger partial charge < -0.3 is 24.8 Å². The third-order valence-corrected chi connectivity index (χ3v) is 5.05. The number of ether oxygens (including phenoxy) is 2. The van der Waals surface area contributed by atoms with E-state index in [1.54, 1.807) is 39.1 Å². The van der Waals surface area contributed by atoms with Gasteiger partial charge in [-0.3, -0.25) is 19.6 Å². The summed E-state index contributed by atoms with van der Waals surface area (Å²) < 4.78 is 24.7. The molecule has 3 aromatic rings. The van der Waals surface area contributed by atoms with Gasteiger partial charge in [0, 0.05) is 30.9 Å². The second-order valence-electron chi connectivity index (χ2n) is 8.54. The molecule has 0 saturated carbocycles. The molecule has 0 spiro atoms. The fourth-order valence-corrected chi connectivity index (χ4v) is 3.32. The summed E-state index contributed by atoms with van der Waals surface area (Å²) in [5.41, 5.74) is -0.0869. The maximum Gasteiger partial charge on any atom is 0.270 e. The third kappa shape index (κ3) is 5.95. The molecule has 0 radical (unpaired) electrons. The molecular formula is C26H23FN4O5. The summed E-state index contributed by atoms with van der Waals surface area (Å²) in [5.74, 6) is 4.88. The number of hydrogen-bond acceptors (Lipinski definition) is 7. The SMILES string of the molecule is CN1C(=O)[C@@H](NC(=O)c2cc(Oc3cncc(F)c3)ccn2)COc2ccc(C#CC(C)(C)O)cc21. The Kier molecular flexibility index (Phi) is 6.85. The molecule has 10 heteroatoms. The molecule has 2 amide bonds. The number of rotatable bonds is 4. The zero-order chi connectivity index (χ0) is 25.9. The molecule has 1 aliphatic heterocycles. The minimum absolute atomic E-state index is 0.00162. The molecule has 0 aliphatic carbocycles. The zero-order valence-corrected chi connectivity index (χ0v) is 19.8. The van der Waals surface area contributed by atoms with Crippen LogP contribution in [-0.2, 0) is 4.79 Å². The van der Waals surface area contributed by atoms with E-state index in [0.717, 1.165) is 12.3 Å². The summed E-state index contributed by atoms with van der Waals surface area (Å²) in [5, 5.41) is 12.5. The van der Waals surface area contributed by atoms with E-state index in [0.29, 0.717) is 17.0 Å². The van der Waals surface area contributed by atoms with Gasteiger partial charge in [0.1, 0.15) is 47.0 Å². The molecular weight excluding hydrogens is 467 g/mol. The lowest BCUT2D eigenvalue weighted by atomic mass is 10.1. The number of amides is 2. The van der Waals surface area contributed by atoms with E-state index in [1.165, 1.54) is 29.4 Å². The van der Waals surface area contributed by atoms with Crippen molar-refractivity contribution >= 4 is 17.5 Å². The van der Waals surface area contributed by atoms with Gasteiger partial charge >= 0.3 is 0 Å². The van der Waals surface area contributed by atoms with Crippen LogP contribution in [0, 0.1) is 17.7 Å². The van der Waals surface area contributed by atoms with Crippen LogP contribution in [0.25, 0.3) is 0 Å². The Morgan fingerprint density at radius 1 is 1.25 bits per heavy atom. The summed E-state index contributed by atoms with van der Waals surface area (Å²) in [6, 6.07) is 8.13. The number of likely N-dealkylation sites (N-methyl/N-ethyl adjacent to an activating group) is 1. The Morgan fingerprint density at radius 3 is 2.81 bits per heavy atom. The number of benzene rings is 1. The quantitative estimate of drug-likeness (QED) is 0.541. The molecule has 2 aromatic heterocycles. The van der Waals surface area contributed by atoms with Crippen LogP contribution in [0.4, 0.5) is 10.1 Å². The van der Waals surface area contributed by atoms with E-state index in [4.69, 9.17) is 9.47 Å². The minimum atomic E-state index is -1.16. The third-order valence-electron chi connectivity index (χ3n) is 5.05. The van der Waals surface area contributed by atoms with Crippen LogP contribution >= 0.6 is 0 Å². The largest absolute Gasteiger partial charge is 0.489 e. The van der Waals surface area contributed by atoms with Crippen LogP contribution in [0.1, 0.15) is 29.9 Å². The molecule has 2 N–H and O–H groups in total. The van der Waals surface area contributed by atoms with Crippen LogP contribution in [0.2, 0.25) is 0 Å². The van der Waals surface area contributed by atoms with Gasteiger partial charge in [-0.15, -0.1) is 0 Å². The van der Waals surface area contributed by atoms with Crippen molar-refractivity contribution < 1.29 is 28.6 Å². The predicted octanol–water partition coefficient (Wildman–Crippen LogP) is 2.68. The van der Waals surface area contributed by atoms with E-state index in [9.17, 15) is 19.1 Å². The highest BCUT2D eigenvalue weighted by Crippen LogP contribution is 2.31. The van der Waals surface area contributed by atoms with E-state index < -0.39 is 29.3 Å². The first-order valence-electron chi connectivity index (χ1n) is 10.9. The van der Waals surface area contributed by atoms with E-state index in [-0.39, 0.29) is 23.8 Å². The molecule has 0 bridgehead atoms. The van der Waals surface area contributed by atoms with E-state index in [2.05, 4.69) is 27.1 Å². The van der Waals surface area contributed by atoms with Crippen LogP contribution < -0.4 is 19.7 Å². The summed E-state index contributed by atoms with van der Waals surface area (Å²) in [4.78, 5) is 35.1. The molecule has 36 heavy (non-hydrogen) atoms. The van der Waals surface area contributed by atoms with Crippen LogP contribution in [-0.4, -0.2) is 52.2 Å². The molecule has 9 nitrogen and oxygen atoms in total. The van der Waals surface area contributed by atoms with Gasteiger partial charge in [-0.05, 0) is 38.1 Å². The summed E-state index contributed by atoms with van der Waals surface area (Å²) >= 11 is 0. The fourth-order valence-electron chi connectivity index (χ4n) is 3.32. The minimum Gasteiger partial charge on any atom is -0.489 e. The number of aliphatic hydroxyl groups is 1. The molecule has 0 unspecified atom stereocenters. The Balaban J connectivity index is 1.48. The first kappa shape index (κ1) is 24.6. The number of carbonyl (C=O) groups excluding carboxylic acids is 2. The van der Waals surface area contributed by atoms with Gasteiger partial charge in [-0.25, -0.2) is 4.39 Å². The van der Waals surface area contributed by atoms with E-state index >= 15 is 0 Å². The second kappa shape index (κ2) is 10.0. The first-order valence-corrected chi connectivity index (χ1v) is 10.9. The van der Waals surface area contributed by atoms with Crippen molar-refractivity contribution in [1.29, 1.82) is 0 Å². The zero-order valence-electron chi connectivity index (χ0n) is 19.8. The highest BCUT2D eigenvalue weighted by atomic mass is 19.1. The Bertz CT molecular complexity index is 1380. The Morgan fingerprint density at radius 2 is 2.06 bits per heavy atom. The maximum absolute atomic E-state index is 13.4. The number of aromatic nitrogens is 2. The molecule has 1 aromatic carbocycles. The molecule has 1 atom stereocenters. The number of halogens is 1. The van der Waals surface area contributed by atoms with Crippen LogP contribution in [0.3, 0.4) is 0 Å². The highest BCUT2D eigenvalue weighted by Gasteiger charge is 2.31. The standard InChI is InChI=1S/C26H23FN4O5/c1-26(2,34)8-6-16-4-5-23-22(10-16)31(3)25(33)21(15-35-23)30-24(32)20-12-18(7-9-29-20)36-19-11-17(27)13-28-14-19/h4-5,7,9-14,21,34H,15H2,1-3H3,(H,30,32)/t21-/m0/s1. The number of anilines is 1. The van der Waals surface area contributed by atoms with Crippen molar-refractivity contribution in [1.82, 2.24) is 15.3 Å². The van der Waals surface area contributed by atoms with Crippen molar-refractivity contribution in [3.63, 3.8) is 0 Å². The molecule has 3 heterocycles. The normalized spacial score (nSPS) is 15.1. The Labute approximate surface area is 206 Å². The Hall–Kier alpha value is -4.49. The lowest BCUT2D eigenvalue weighted by Gasteiger charge is -2.20. The fraction of sp³-hybridized carbons (Fsp3) is 0.231. The summed E-state index contributed by atoms with van der Waals surface area (Å²) in [6.07, 6.45) is 3.74. The second-order valence-corrected chi connectivity index (χ2v) is 8.54. The van der Waals surface area contributed by atoms with Crippen molar-refractivity contribution in [2.45, 2.75) is 25.5 Å². The van der Waals surface area contributed by atoms with Gasteiger partial charge in [0.05, 0.1) is 18.1 Å². The van der Waals surface area contributed by atoms with E-state index in [1.807, 2.05) is 0 Å². The number of fused-ring (bicyclic) bond motifs is 1. The van der Waals surface area contributed by atoms with Gasteiger partial charge in [-0.2, -0.15) is 0 Å². The number of nitrogens with zero attached hydrogens (tertiary/aromatic N) is 3. The lowest BCUT2D eigenvalue weighted by molar-refractivity contribution is -0.120. The molecule has 0 fully saturated rings. The monoisotopic (exact) mass is 490 g/mol. The van der Waals surface area contributed by atoms with Crippen molar-refractivity contribution in [2.24, 2.45) is 0 Å². The summed E-state index contributed by atoms with van der Waals surface area (Å²) in [6.45, 7) is 3.05. The maximum atomic E-state index is 13.4. The van der Waals surface area contributed by atoms with Crippen molar-refractivity contribution in [2.75, 3.05) is 18.6 Å². The molecule has 1 aliphatic rings. The van der Waals surface area contributed by atoms with Crippen LogP contribution in [0.5, 0.6) is 17.2 Å². The number of nitrogens with one attached hydrogen (secondary N) is 1. The number of hydrogen-bond donors (Lipinski definition) is 2. The first-order chi connectivity index (χ1) is 17.1. The highest BCUT2D eigenvalue weighted by molar-refractivity contribution is 6.03. The van der Waals surface area contributed by atoms with Crippen molar-refractivity contribution in [3.8, 4) is 29.1 Å². The van der Waals surface area contributed by atoms with Gasteiger partial charge in [0.15, 0.2) is 0 Å². The predicted molar refractivity (Wildman–Crippen MR) is 128 cm³/mol. The summed E-state index contributed by atoms with van der Waals surface area (Å²) in [7, 11) is 1.57. The number of pyridine rings is 2. The van der Waals surface area contributed by atoms with Gasteiger partial charge in [0.25, 0.3) is 11.8 Å². The van der Waals surface area contributed by atoms with Crippen LogP contribution in [0.15, 0.2) is 55.0 Å². The van der Waals surface area contributed by atoms with Gasteiger partial charge in [-0.1, -0.05) is 11.8 Å². The average molecular weight is 490 g/mol. The molecule has 184 valence electrons. The van der Waals surface area contributed by atoms with Gasteiger partial charge in [0.2, 0.25) is 0 Å². The average Bonchev–Trinajstić information content (AvgIpc) is 2.94. The molecule has 0 saturated heterocycles. The lowest BCUT2D eigenvalue weighted by Crippen LogP contribution is -2.49. The topological polar surface area (TPSA) is 114 Å².